The van der Waals surface area contributed by atoms with Crippen LogP contribution in [0.2, 0.25) is 5.02 Å². The third kappa shape index (κ3) is 3.91. The van der Waals surface area contributed by atoms with Crippen molar-refractivity contribution >= 4 is 17.5 Å². The van der Waals surface area contributed by atoms with Crippen LogP contribution in [0.1, 0.15) is 31.3 Å². The van der Waals surface area contributed by atoms with E-state index in [0.717, 1.165) is 11.3 Å². The minimum absolute atomic E-state index is 0.192. The van der Waals surface area contributed by atoms with Crippen LogP contribution in [0.4, 0.5) is 0 Å². The number of aromatic nitrogens is 2. The molecule has 0 bridgehead atoms. The number of carbonyl (C=O) groups is 1. The fourth-order valence-corrected chi connectivity index (χ4v) is 2.72. The second kappa shape index (κ2) is 6.73. The fraction of sp³-hybridized carbons (Fsp3) is 0.200. The quantitative estimate of drug-likeness (QED) is 0.740. The Morgan fingerprint density at radius 3 is 2.32 bits per heavy atom. The number of nitrogens with zero attached hydrogens (tertiary/aromatic N) is 2. The molecule has 5 heteroatoms. The third-order valence-electron chi connectivity index (χ3n) is 3.58. The zero-order valence-corrected chi connectivity index (χ0v) is 15.2. The maximum atomic E-state index is 12.8. The van der Waals surface area contributed by atoms with Gasteiger partial charge in [-0.3, -0.25) is 4.79 Å². The van der Waals surface area contributed by atoms with Crippen LogP contribution < -0.4 is 5.32 Å². The molecule has 3 rings (SSSR count). The summed E-state index contributed by atoms with van der Waals surface area (Å²) in [5, 5.41) is 8.16. The van der Waals surface area contributed by atoms with Crippen LogP contribution in [0.15, 0.2) is 60.7 Å². The predicted molar refractivity (Wildman–Crippen MR) is 101 cm³/mol. The van der Waals surface area contributed by atoms with Crippen molar-refractivity contribution in [1.29, 1.82) is 0 Å². The maximum absolute atomic E-state index is 12.8. The van der Waals surface area contributed by atoms with E-state index in [2.05, 4.69) is 10.4 Å². The Morgan fingerprint density at radius 2 is 1.68 bits per heavy atom. The Labute approximate surface area is 152 Å². The Hall–Kier alpha value is -2.59. The summed E-state index contributed by atoms with van der Waals surface area (Å²) in [6, 6.07) is 18.9. The molecule has 1 heterocycles. The Kier molecular flexibility index (Phi) is 4.64. The molecule has 25 heavy (non-hydrogen) atoms. The highest BCUT2D eigenvalue weighted by molar-refractivity contribution is 6.32. The first-order chi connectivity index (χ1) is 11.8. The molecule has 0 aliphatic rings. The number of hydrogen-bond donors (Lipinski definition) is 1. The normalized spacial score (nSPS) is 11.4. The lowest BCUT2D eigenvalue weighted by molar-refractivity contribution is 0.0911. The minimum Gasteiger partial charge on any atom is -0.346 e. The van der Waals surface area contributed by atoms with Gasteiger partial charge in [-0.1, -0.05) is 54.1 Å². The summed E-state index contributed by atoms with van der Waals surface area (Å²) in [6.07, 6.45) is 0. The Bertz CT molecular complexity index is 895. The number of benzene rings is 2. The highest BCUT2D eigenvalue weighted by Gasteiger charge is 2.22. The van der Waals surface area contributed by atoms with E-state index in [-0.39, 0.29) is 11.4 Å². The van der Waals surface area contributed by atoms with Crippen LogP contribution in [0.25, 0.3) is 16.9 Å². The highest BCUT2D eigenvalue weighted by atomic mass is 35.5. The molecule has 0 fully saturated rings. The van der Waals surface area contributed by atoms with Crippen molar-refractivity contribution in [3.63, 3.8) is 0 Å². The number of para-hydroxylation sites is 1. The highest BCUT2D eigenvalue weighted by Crippen LogP contribution is 2.25. The first kappa shape index (κ1) is 17.2. The molecule has 0 aliphatic heterocycles. The molecule has 0 radical (unpaired) electrons. The van der Waals surface area contributed by atoms with Crippen molar-refractivity contribution < 1.29 is 4.79 Å². The maximum Gasteiger partial charge on any atom is 0.270 e. The molecule has 1 aromatic heterocycles. The first-order valence-corrected chi connectivity index (χ1v) is 8.46. The molecule has 0 saturated carbocycles. The molecule has 3 aromatic rings. The van der Waals surface area contributed by atoms with Gasteiger partial charge in [-0.15, -0.1) is 0 Å². The van der Waals surface area contributed by atoms with Crippen molar-refractivity contribution in [2.24, 2.45) is 0 Å². The third-order valence-corrected chi connectivity index (χ3v) is 3.90. The van der Waals surface area contributed by atoms with Crippen LogP contribution in [0.3, 0.4) is 0 Å². The monoisotopic (exact) mass is 353 g/mol. The van der Waals surface area contributed by atoms with E-state index >= 15 is 0 Å². The van der Waals surface area contributed by atoms with E-state index in [9.17, 15) is 4.79 Å². The van der Waals surface area contributed by atoms with E-state index in [4.69, 9.17) is 11.6 Å². The fourth-order valence-electron chi connectivity index (χ4n) is 2.50. The van der Waals surface area contributed by atoms with Gasteiger partial charge in [0.1, 0.15) is 5.69 Å². The molecular weight excluding hydrogens is 334 g/mol. The van der Waals surface area contributed by atoms with Gasteiger partial charge in [-0.25, -0.2) is 4.68 Å². The van der Waals surface area contributed by atoms with Crippen molar-refractivity contribution in [2.75, 3.05) is 0 Å². The van der Waals surface area contributed by atoms with Gasteiger partial charge in [0.25, 0.3) is 5.91 Å². The Morgan fingerprint density at radius 1 is 1.04 bits per heavy atom. The number of hydrogen-bond acceptors (Lipinski definition) is 2. The number of carbonyl (C=O) groups excluding carboxylic acids is 1. The van der Waals surface area contributed by atoms with E-state index in [1.54, 1.807) is 16.8 Å². The zero-order chi connectivity index (χ0) is 18.0. The Balaban J connectivity index is 2.13. The van der Waals surface area contributed by atoms with Gasteiger partial charge >= 0.3 is 0 Å². The molecule has 128 valence electrons. The van der Waals surface area contributed by atoms with Crippen molar-refractivity contribution in [2.45, 2.75) is 26.3 Å². The van der Waals surface area contributed by atoms with Gasteiger partial charge in [-0.05, 0) is 39.0 Å². The number of amides is 1. The molecule has 0 atom stereocenters. The standard InChI is InChI=1S/C20H20ClN3O/c1-20(2,3)22-19(25)18-13-16(14-9-5-4-6-10-14)23-24(18)17-12-8-7-11-15(17)21/h4-13H,1-3H3,(H,22,25). The van der Waals surface area contributed by atoms with Crippen LogP contribution >= 0.6 is 11.6 Å². The van der Waals surface area contributed by atoms with E-state index in [1.807, 2.05) is 69.3 Å². The molecule has 1 amide bonds. The summed E-state index contributed by atoms with van der Waals surface area (Å²) in [5.41, 5.74) is 2.43. The van der Waals surface area contributed by atoms with Gasteiger partial charge in [0.05, 0.1) is 16.4 Å². The average molecular weight is 354 g/mol. The summed E-state index contributed by atoms with van der Waals surface area (Å²) in [7, 11) is 0. The number of halogens is 1. The molecule has 0 spiro atoms. The van der Waals surface area contributed by atoms with Crippen LogP contribution in [0, 0.1) is 0 Å². The van der Waals surface area contributed by atoms with Crippen molar-refractivity contribution in [1.82, 2.24) is 15.1 Å². The minimum atomic E-state index is -0.348. The van der Waals surface area contributed by atoms with E-state index in [0.29, 0.717) is 16.4 Å². The SMILES string of the molecule is CC(C)(C)NC(=O)c1cc(-c2ccccc2)nn1-c1ccccc1Cl. The first-order valence-electron chi connectivity index (χ1n) is 8.08. The zero-order valence-electron chi connectivity index (χ0n) is 14.5. The lowest BCUT2D eigenvalue weighted by atomic mass is 10.1. The van der Waals surface area contributed by atoms with Gasteiger partial charge in [0.15, 0.2) is 0 Å². The van der Waals surface area contributed by atoms with E-state index in [1.165, 1.54) is 0 Å². The molecule has 1 N–H and O–H groups in total. The van der Waals surface area contributed by atoms with Gasteiger partial charge in [0, 0.05) is 11.1 Å². The van der Waals surface area contributed by atoms with Crippen molar-refractivity contribution in [3.05, 3.63) is 71.4 Å². The molecule has 4 nitrogen and oxygen atoms in total. The van der Waals surface area contributed by atoms with Gasteiger partial charge in [-0.2, -0.15) is 5.10 Å². The lowest BCUT2D eigenvalue weighted by Gasteiger charge is -2.20. The molecule has 0 unspecified atom stereocenters. The molecular formula is C20H20ClN3O. The van der Waals surface area contributed by atoms with Crippen LogP contribution in [0.5, 0.6) is 0 Å². The van der Waals surface area contributed by atoms with Crippen LogP contribution in [-0.2, 0) is 0 Å². The predicted octanol–water partition coefficient (Wildman–Crippen LogP) is 4.72. The van der Waals surface area contributed by atoms with Gasteiger partial charge in [0.2, 0.25) is 0 Å². The van der Waals surface area contributed by atoms with Crippen molar-refractivity contribution in [3.8, 4) is 16.9 Å². The summed E-state index contributed by atoms with van der Waals surface area (Å²) in [6.45, 7) is 5.83. The van der Waals surface area contributed by atoms with Gasteiger partial charge < -0.3 is 5.32 Å². The molecule has 2 aromatic carbocycles. The second-order valence-electron chi connectivity index (χ2n) is 6.85. The second-order valence-corrected chi connectivity index (χ2v) is 7.26. The topological polar surface area (TPSA) is 46.9 Å². The summed E-state index contributed by atoms with van der Waals surface area (Å²) >= 11 is 6.33. The average Bonchev–Trinajstić information content (AvgIpc) is 3.00. The van der Waals surface area contributed by atoms with Crippen LogP contribution in [-0.4, -0.2) is 21.2 Å². The number of rotatable bonds is 3. The lowest BCUT2D eigenvalue weighted by Crippen LogP contribution is -2.41. The summed E-state index contributed by atoms with van der Waals surface area (Å²) < 4.78 is 1.60. The van der Waals surface area contributed by atoms with E-state index < -0.39 is 0 Å². The molecule has 0 aliphatic carbocycles. The largest absolute Gasteiger partial charge is 0.346 e. The smallest absolute Gasteiger partial charge is 0.270 e. The number of nitrogens with one attached hydrogen (secondary N) is 1. The summed E-state index contributed by atoms with van der Waals surface area (Å²) in [5.74, 6) is -0.192. The molecule has 0 saturated heterocycles. The summed E-state index contributed by atoms with van der Waals surface area (Å²) in [4.78, 5) is 12.8.